The molecule has 1 saturated carbocycles. The summed E-state index contributed by atoms with van der Waals surface area (Å²) in [6, 6.07) is 14.4. The molecule has 5 rings (SSSR count). The predicted molar refractivity (Wildman–Crippen MR) is 134 cm³/mol. The van der Waals surface area contributed by atoms with Gasteiger partial charge in [-0.2, -0.15) is 5.10 Å². The monoisotopic (exact) mass is 455 g/mol. The molecule has 0 radical (unpaired) electrons. The summed E-state index contributed by atoms with van der Waals surface area (Å²) in [7, 11) is 1.92. The van der Waals surface area contributed by atoms with Gasteiger partial charge in [-0.15, -0.1) is 0 Å². The lowest BCUT2D eigenvalue weighted by atomic mass is 9.83. The molecule has 2 heterocycles. The molecule has 34 heavy (non-hydrogen) atoms. The molecule has 0 N–H and O–H groups in total. The highest BCUT2D eigenvalue weighted by atomic mass is 16.2. The van der Waals surface area contributed by atoms with E-state index >= 15 is 0 Å². The number of benzene rings is 2. The topological polar surface area (TPSA) is 55.2 Å². The van der Waals surface area contributed by atoms with E-state index in [-0.39, 0.29) is 11.8 Å². The van der Waals surface area contributed by atoms with E-state index < -0.39 is 0 Å². The Morgan fingerprint density at radius 3 is 2.38 bits per heavy atom. The molecule has 0 spiro atoms. The van der Waals surface area contributed by atoms with Gasteiger partial charge in [-0.25, -0.2) is 0 Å². The van der Waals surface area contributed by atoms with E-state index in [9.17, 15) is 9.59 Å². The Morgan fingerprint density at radius 1 is 0.971 bits per heavy atom. The van der Waals surface area contributed by atoms with Crippen molar-refractivity contribution >= 4 is 11.7 Å². The van der Waals surface area contributed by atoms with Gasteiger partial charge in [-0.05, 0) is 54.2 Å². The van der Waals surface area contributed by atoms with Crippen LogP contribution in [0, 0.1) is 12.8 Å². The van der Waals surface area contributed by atoms with E-state index in [4.69, 9.17) is 0 Å². The van der Waals surface area contributed by atoms with Crippen molar-refractivity contribution in [2.24, 2.45) is 13.0 Å². The Kier molecular flexibility index (Phi) is 6.36. The minimum atomic E-state index is 0.0644. The second-order valence-electron chi connectivity index (χ2n) is 10.1. The quantitative estimate of drug-likeness (QED) is 0.505. The summed E-state index contributed by atoms with van der Waals surface area (Å²) in [4.78, 5) is 27.9. The molecule has 1 aliphatic carbocycles. The highest BCUT2D eigenvalue weighted by Crippen LogP contribution is 2.31. The van der Waals surface area contributed by atoms with E-state index in [1.807, 2.05) is 49.5 Å². The largest absolute Gasteiger partial charge is 0.337 e. The predicted octanol–water partition coefficient (Wildman–Crippen LogP) is 5.33. The molecular formula is C29H33N3O2. The zero-order chi connectivity index (χ0) is 23.7. The Balaban J connectivity index is 1.20. The lowest BCUT2D eigenvalue weighted by Gasteiger charge is -2.39. The zero-order valence-electron chi connectivity index (χ0n) is 20.2. The number of likely N-dealkylation sites (tertiary alicyclic amines) is 1. The van der Waals surface area contributed by atoms with Gasteiger partial charge in [0.2, 0.25) is 0 Å². The summed E-state index contributed by atoms with van der Waals surface area (Å²) >= 11 is 0. The van der Waals surface area contributed by atoms with Crippen LogP contribution in [0.25, 0.3) is 11.1 Å². The maximum absolute atomic E-state index is 13.1. The summed E-state index contributed by atoms with van der Waals surface area (Å²) < 4.78 is 1.81. The number of nitrogens with zero attached hydrogens (tertiary/aromatic N) is 3. The molecule has 2 fully saturated rings. The van der Waals surface area contributed by atoms with Gasteiger partial charge >= 0.3 is 0 Å². The summed E-state index contributed by atoms with van der Waals surface area (Å²) in [6.07, 6.45) is 9.95. The van der Waals surface area contributed by atoms with Crippen LogP contribution in [0.15, 0.2) is 54.9 Å². The van der Waals surface area contributed by atoms with Gasteiger partial charge in [0.1, 0.15) is 5.78 Å². The molecule has 1 amide bonds. The second kappa shape index (κ2) is 9.57. The number of aryl methyl sites for hydroxylation is 2. The highest BCUT2D eigenvalue weighted by Gasteiger charge is 2.32. The fourth-order valence-corrected chi connectivity index (χ4v) is 5.31. The van der Waals surface area contributed by atoms with E-state index in [0.717, 1.165) is 61.0 Å². The lowest BCUT2D eigenvalue weighted by molar-refractivity contribution is -0.123. The molecule has 2 aromatic carbocycles. The first-order chi connectivity index (χ1) is 16.5. The van der Waals surface area contributed by atoms with Crippen molar-refractivity contribution in [2.75, 3.05) is 13.1 Å². The van der Waals surface area contributed by atoms with Crippen molar-refractivity contribution in [2.45, 2.75) is 51.4 Å². The van der Waals surface area contributed by atoms with Crippen LogP contribution in [-0.4, -0.2) is 39.5 Å². The molecule has 1 saturated heterocycles. The molecule has 2 aliphatic rings. The molecule has 176 valence electrons. The molecule has 0 atom stereocenters. The lowest BCUT2D eigenvalue weighted by Crippen LogP contribution is -2.48. The maximum Gasteiger partial charge on any atom is 0.253 e. The number of hydrogen-bond donors (Lipinski definition) is 0. The van der Waals surface area contributed by atoms with Crippen LogP contribution in [0.5, 0.6) is 0 Å². The molecule has 1 aromatic heterocycles. The molecule has 0 bridgehead atoms. The molecule has 5 nitrogen and oxygen atoms in total. The third-order valence-electron chi connectivity index (χ3n) is 7.61. The van der Waals surface area contributed by atoms with Crippen LogP contribution in [0.4, 0.5) is 0 Å². The first-order valence-electron chi connectivity index (χ1n) is 12.5. The molecule has 0 unspecified atom stereocenters. The zero-order valence-corrected chi connectivity index (χ0v) is 20.2. The summed E-state index contributed by atoms with van der Waals surface area (Å²) in [6.45, 7) is 3.50. The van der Waals surface area contributed by atoms with Crippen LogP contribution >= 0.6 is 0 Å². The second-order valence-corrected chi connectivity index (χ2v) is 10.1. The smallest absolute Gasteiger partial charge is 0.253 e. The summed E-state index contributed by atoms with van der Waals surface area (Å²) in [5, 5.41) is 4.24. The highest BCUT2D eigenvalue weighted by molar-refractivity contribution is 5.95. The average Bonchev–Trinajstić information content (AvgIpc) is 3.26. The number of amides is 1. The summed E-state index contributed by atoms with van der Waals surface area (Å²) in [5.41, 5.74) is 6.32. The van der Waals surface area contributed by atoms with E-state index in [0.29, 0.717) is 23.7 Å². The minimum absolute atomic E-state index is 0.0644. The Labute approximate surface area is 201 Å². The van der Waals surface area contributed by atoms with E-state index in [2.05, 4.69) is 29.4 Å². The fourth-order valence-electron chi connectivity index (χ4n) is 5.31. The fraction of sp³-hybridized carbons (Fsp3) is 0.414. The van der Waals surface area contributed by atoms with E-state index in [1.165, 1.54) is 12.0 Å². The number of rotatable bonds is 6. The number of carbonyl (C=O) groups is 2. The van der Waals surface area contributed by atoms with Gasteiger partial charge < -0.3 is 4.90 Å². The Bertz CT molecular complexity index is 1180. The van der Waals surface area contributed by atoms with Crippen molar-refractivity contribution in [3.8, 4) is 11.1 Å². The van der Waals surface area contributed by atoms with Crippen molar-refractivity contribution in [3.05, 3.63) is 77.1 Å². The van der Waals surface area contributed by atoms with E-state index in [1.54, 1.807) is 4.68 Å². The normalized spacial score (nSPS) is 16.9. The van der Waals surface area contributed by atoms with Crippen molar-refractivity contribution in [1.82, 2.24) is 14.7 Å². The Morgan fingerprint density at radius 2 is 1.71 bits per heavy atom. The van der Waals surface area contributed by atoms with Crippen LogP contribution in [0.3, 0.4) is 0 Å². The van der Waals surface area contributed by atoms with Crippen molar-refractivity contribution in [3.63, 3.8) is 0 Å². The SMILES string of the molecule is Cc1ccc(C(=O)N2CC(c3ccc(-c4cnn(C)c4)cc3)C2)cc1CC(=O)C1CCCCC1. The van der Waals surface area contributed by atoms with Gasteiger partial charge in [-0.3, -0.25) is 14.3 Å². The third-order valence-corrected chi connectivity index (χ3v) is 7.61. The van der Waals surface area contributed by atoms with Gasteiger partial charge in [0, 0.05) is 55.7 Å². The number of Topliss-reactive ketones (excluding diaryl/α,β-unsaturated/α-hetero) is 1. The molecule has 1 aliphatic heterocycles. The summed E-state index contributed by atoms with van der Waals surface area (Å²) in [5.74, 6) is 0.971. The van der Waals surface area contributed by atoms with Crippen molar-refractivity contribution < 1.29 is 9.59 Å². The molecule has 5 heteroatoms. The standard InChI is InChI=1S/C29H33N3O2/c1-20-8-9-24(14-25(20)15-28(33)23-6-4-3-5-7-23)29(34)32-18-27(19-32)22-12-10-21(11-13-22)26-16-30-31(2)17-26/h8-14,16-17,23,27H,3-7,15,18-19H2,1-2H3. The van der Waals surface area contributed by atoms with Gasteiger partial charge in [-0.1, -0.05) is 49.6 Å². The van der Waals surface area contributed by atoms with Gasteiger partial charge in [0.15, 0.2) is 0 Å². The van der Waals surface area contributed by atoms with Gasteiger partial charge in [0.05, 0.1) is 6.20 Å². The maximum atomic E-state index is 13.1. The van der Waals surface area contributed by atoms with Crippen LogP contribution < -0.4 is 0 Å². The number of carbonyl (C=O) groups excluding carboxylic acids is 2. The third kappa shape index (κ3) is 4.70. The first kappa shape index (κ1) is 22.6. The van der Waals surface area contributed by atoms with Gasteiger partial charge in [0.25, 0.3) is 5.91 Å². The molecule has 3 aromatic rings. The number of ketones is 1. The Hall–Kier alpha value is -3.21. The minimum Gasteiger partial charge on any atom is -0.337 e. The van der Waals surface area contributed by atoms with Crippen LogP contribution in [0.1, 0.15) is 65.1 Å². The first-order valence-corrected chi connectivity index (χ1v) is 12.5. The number of hydrogen-bond acceptors (Lipinski definition) is 3. The van der Waals surface area contributed by atoms with Crippen LogP contribution in [0.2, 0.25) is 0 Å². The van der Waals surface area contributed by atoms with Crippen LogP contribution in [-0.2, 0) is 18.3 Å². The van der Waals surface area contributed by atoms with Crippen molar-refractivity contribution in [1.29, 1.82) is 0 Å². The average molecular weight is 456 g/mol. The molecular weight excluding hydrogens is 422 g/mol. The number of aromatic nitrogens is 2.